The topological polar surface area (TPSA) is 81.9 Å². The molecule has 0 saturated carbocycles. The van der Waals surface area contributed by atoms with Crippen molar-refractivity contribution in [1.29, 1.82) is 0 Å². The van der Waals surface area contributed by atoms with Gasteiger partial charge in [-0.15, -0.1) is 5.10 Å². The van der Waals surface area contributed by atoms with Crippen LogP contribution in [-0.2, 0) is 11.3 Å². The smallest absolute Gasteiger partial charge is 0.387 e. The molecule has 1 aromatic heterocycles. The Morgan fingerprint density at radius 3 is 2.72 bits per heavy atom. The summed E-state index contributed by atoms with van der Waals surface area (Å²) in [7, 11) is 0. The number of para-hydroxylation sites is 2. The normalized spacial score (nSPS) is 12.4. The number of amides is 1. The molecule has 25 heavy (non-hydrogen) atoms. The number of ether oxygens (including phenoxy) is 1. The number of rotatable bonds is 8. The first-order valence-electron chi connectivity index (χ1n) is 7.64. The maximum atomic E-state index is 12.4. The minimum Gasteiger partial charge on any atom is -0.433 e. The van der Waals surface area contributed by atoms with E-state index < -0.39 is 11.9 Å². The Labute approximate surface area is 148 Å². The van der Waals surface area contributed by atoms with Gasteiger partial charge in [0.2, 0.25) is 11.1 Å². The molecule has 136 valence electrons. The number of carbonyl (C=O) groups is 1. The van der Waals surface area contributed by atoms with E-state index in [1.54, 1.807) is 23.7 Å². The van der Waals surface area contributed by atoms with E-state index in [2.05, 4.69) is 25.6 Å². The quantitative estimate of drug-likeness (QED) is 0.718. The highest BCUT2D eigenvalue weighted by molar-refractivity contribution is 8.00. The van der Waals surface area contributed by atoms with Gasteiger partial charge in [0, 0.05) is 6.54 Å². The molecule has 0 saturated heterocycles. The number of alkyl halides is 2. The van der Waals surface area contributed by atoms with E-state index in [1.807, 2.05) is 13.8 Å². The van der Waals surface area contributed by atoms with Gasteiger partial charge in [-0.05, 0) is 35.4 Å². The number of hydrogen-bond donors (Lipinski definition) is 1. The van der Waals surface area contributed by atoms with Crippen LogP contribution in [0.15, 0.2) is 29.4 Å². The lowest BCUT2D eigenvalue weighted by Crippen LogP contribution is -2.23. The first kappa shape index (κ1) is 19.1. The summed E-state index contributed by atoms with van der Waals surface area (Å²) < 4.78 is 30.9. The number of aromatic nitrogens is 4. The van der Waals surface area contributed by atoms with Crippen molar-refractivity contribution in [1.82, 2.24) is 20.2 Å². The maximum absolute atomic E-state index is 12.4. The molecular weight excluding hydrogens is 352 g/mol. The van der Waals surface area contributed by atoms with Crippen LogP contribution in [0, 0.1) is 5.92 Å². The number of anilines is 1. The molecule has 0 spiro atoms. The monoisotopic (exact) mass is 371 g/mol. The fourth-order valence-corrected chi connectivity index (χ4v) is 2.75. The van der Waals surface area contributed by atoms with Crippen molar-refractivity contribution < 1.29 is 18.3 Å². The summed E-state index contributed by atoms with van der Waals surface area (Å²) in [5, 5.41) is 14.0. The summed E-state index contributed by atoms with van der Waals surface area (Å²) in [5.74, 6) is -0.104. The summed E-state index contributed by atoms with van der Waals surface area (Å²) in [6.45, 7) is 3.42. The zero-order chi connectivity index (χ0) is 18.4. The van der Waals surface area contributed by atoms with E-state index in [4.69, 9.17) is 0 Å². The third-order valence-corrected chi connectivity index (χ3v) is 4.12. The van der Waals surface area contributed by atoms with Gasteiger partial charge in [0.05, 0.1) is 10.9 Å². The highest BCUT2D eigenvalue weighted by Crippen LogP contribution is 2.27. The average molecular weight is 371 g/mol. The number of nitrogens with one attached hydrogen (secondary N) is 1. The second kappa shape index (κ2) is 8.75. The fourth-order valence-electron chi connectivity index (χ4n) is 1.96. The molecule has 0 radical (unpaired) electrons. The van der Waals surface area contributed by atoms with Crippen LogP contribution in [0.2, 0.25) is 0 Å². The number of carbonyl (C=O) groups excluding carboxylic acids is 1. The standard InChI is InChI=1S/C15H19F2N5O2S/c1-9(2)8-22-15(19-20-21-22)25-10(3)13(23)18-11-6-4-5-7-12(11)24-14(16)17/h4-7,9-10,14H,8H2,1-3H3,(H,18,23). The largest absolute Gasteiger partial charge is 0.433 e. The van der Waals surface area contributed by atoms with Crippen LogP contribution in [0.3, 0.4) is 0 Å². The Morgan fingerprint density at radius 2 is 2.04 bits per heavy atom. The van der Waals surface area contributed by atoms with Crippen LogP contribution in [0.25, 0.3) is 0 Å². The molecule has 0 aliphatic rings. The highest BCUT2D eigenvalue weighted by Gasteiger charge is 2.20. The average Bonchev–Trinajstić information content (AvgIpc) is 2.94. The third kappa shape index (κ3) is 5.66. The molecule has 10 heteroatoms. The number of halogens is 2. The first-order valence-corrected chi connectivity index (χ1v) is 8.52. The Balaban J connectivity index is 2.03. The Bertz CT molecular complexity index is 711. The zero-order valence-corrected chi connectivity index (χ0v) is 14.8. The molecule has 0 fully saturated rings. The van der Waals surface area contributed by atoms with Crippen LogP contribution in [0.5, 0.6) is 5.75 Å². The van der Waals surface area contributed by atoms with Gasteiger partial charge in [0.1, 0.15) is 5.75 Å². The number of benzene rings is 1. The molecule has 0 aliphatic heterocycles. The lowest BCUT2D eigenvalue weighted by atomic mass is 10.2. The Morgan fingerprint density at radius 1 is 1.32 bits per heavy atom. The van der Waals surface area contributed by atoms with E-state index in [9.17, 15) is 13.6 Å². The summed E-state index contributed by atoms with van der Waals surface area (Å²) in [5.41, 5.74) is 0.182. The molecule has 1 atom stereocenters. The van der Waals surface area contributed by atoms with E-state index in [0.717, 1.165) is 0 Å². The zero-order valence-electron chi connectivity index (χ0n) is 14.0. The Hall–Kier alpha value is -2.23. The lowest BCUT2D eigenvalue weighted by molar-refractivity contribution is -0.115. The van der Waals surface area contributed by atoms with Crippen molar-refractivity contribution in [3.05, 3.63) is 24.3 Å². The number of hydrogen-bond acceptors (Lipinski definition) is 6. The van der Waals surface area contributed by atoms with Crippen LogP contribution in [0.1, 0.15) is 20.8 Å². The van der Waals surface area contributed by atoms with Gasteiger partial charge in [-0.2, -0.15) is 8.78 Å². The van der Waals surface area contributed by atoms with E-state index in [-0.39, 0.29) is 17.3 Å². The van der Waals surface area contributed by atoms with Gasteiger partial charge in [-0.1, -0.05) is 37.7 Å². The first-order chi connectivity index (χ1) is 11.9. The molecule has 7 nitrogen and oxygen atoms in total. The fraction of sp³-hybridized carbons (Fsp3) is 0.467. The summed E-state index contributed by atoms with van der Waals surface area (Å²) >= 11 is 1.19. The number of nitrogens with zero attached hydrogens (tertiary/aromatic N) is 4. The molecule has 0 bridgehead atoms. The molecule has 2 rings (SSSR count). The van der Waals surface area contributed by atoms with Crippen molar-refractivity contribution in [2.24, 2.45) is 5.92 Å². The van der Waals surface area contributed by atoms with Crippen molar-refractivity contribution >= 4 is 23.4 Å². The minimum atomic E-state index is -2.97. The van der Waals surface area contributed by atoms with Crippen molar-refractivity contribution in [2.75, 3.05) is 5.32 Å². The van der Waals surface area contributed by atoms with E-state index in [1.165, 1.54) is 23.9 Å². The van der Waals surface area contributed by atoms with Crippen LogP contribution in [0.4, 0.5) is 14.5 Å². The van der Waals surface area contributed by atoms with Crippen LogP contribution in [-0.4, -0.2) is 38.0 Å². The van der Waals surface area contributed by atoms with Crippen LogP contribution < -0.4 is 10.1 Å². The van der Waals surface area contributed by atoms with E-state index >= 15 is 0 Å². The van der Waals surface area contributed by atoms with Gasteiger partial charge in [0.25, 0.3) is 0 Å². The molecular formula is C15H19F2N5O2S. The molecule has 2 aromatic rings. The minimum absolute atomic E-state index is 0.0901. The summed E-state index contributed by atoms with van der Waals surface area (Å²) in [6.07, 6.45) is 0. The molecule has 1 N–H and O–H groups in total. The molecule has 1 heterocycles. The van der Waals surface area contributed by atoms with Gasteiger partial charge >= 0.3 is 6.61 Å². The summed E-state index contributed by atoms with van der Waals surface area (Å²) in [4.78, 5) is 12.4. The number of thioether (sulfide) groups is 1. The molecule has 0 aliphatic carbocycles. The SMILES string of the molecule is CC(C)Cn1nnnc1SC(C)C(=O)Nc1ccccc1OC(F)F. The van der Waals surface area contributed by atoms with Gasteiger partial charge in [0.15, 0.2) is 0 Å². The maximum Gasteiger partial charge on any atom is 0.387 e. The van der Waals surface area contributed by atoms with Crippen molar-refractivity contribution in [3.63, 3.8) is 0 Å². The van der Waals surface area contributed by atoms with Gasteiger partial charge < -0.3 is 10.1 Å². The molecule has 1 unspecified atom stereocenters. The predicted octanol–water partition coefficient (Wildman–Crippen LogP) is 3.05. The third-order valence-electron chi connectivity index (χ3n) is 3.05. The summed E-state index contributed by atoms with van der Waals surface area (Å²) in [6, 6.07) is 6.03. The Kier molecular flexibility index (Phi) is 6.68. The van der Waals surface area contributed by atoms with Gasteiger partial charge in [-0.3, -0.25) is 4.79 Å². The van der Waals surface area contributed by atoms with Crippen LogP contribution >= 0.6 is 11.8 Å². The predicted molar refractivity (Wildman–Crippen MR) is 89.7 cm³/mol. The molecule has 1 aromatic carbocycles. The van der Waals surface area contributed by atoms with E-state index in [0.29, 0.717) is 17.6 Å². The lowest BCUT2D eigenvalue weighted by Gasteiger charge is -2.15. The highest BCUT2D eigenvalue weighted by atomic mass is 32.2. The van der Waals surface area contributed by atoms with Crippen molar-refractivity contribution in [2.45, 2.75) is 44.3 Å². The van der Waals surface area contributed by atoms with Crippen molar-refractivity contribution in [3.8, 4) is 5.75 Å². The second-order valence-corrected chi connectivity index (χ2v) is 6.97. The van der Waals surface area contributed by atoms with Gasteiger partial charge in [-0.25, -0.2) is 4.68 Å². The second-order valence-electron chi connectivity index (χ2n) is 5.66. The molecule has 1 amide bonds. The number of tetrazole rings is 1.